The van der Waals surface area contributed by atoms with Gasteiger partial charge in [-0.1, -0.05) is 0 Å². The predicted octanol–water partition coefficient (Wildman–Crippen LogP) is -0.182. The summed E-state index contributed by atoms with van der Waals surface area (Å²) in [5.41, 5.74) is -2.12. The minimum atomic E-state index is -2.12. The number of esters is 3. The van der Waals surface area contributed by atoms with Crippen molar-refractivity contribution in [2.45, 2.75) is 45.4 Å². The normalized spacial score (nSPS) is 27.3. The molecule has 0 bridgehead atoms. The minimum Gasteiger partial charge on any atom is -0.463 e. The monoisotopic (exact) mass is 354 g/mol. The van der Waals surface area contributed by atoms with Crippen LogP contribution in [0.5, 0.6) is 0 Å². The molecule has 1 aliphatic rings. The number of carbonyl (C=O) groups is 3. The van der Waals surface area contributed by atoms with Crippen molar-refractivity contribution in [2.75, 3.05) is 13.7 Å². The number of rotatable bonds is 5. The van der Waals surface area contributed by atoms with Crippen molar-refractivity contribution >= 4 is 17.9 Å². The summed E-state index contributed by atoms with van der Waals surface area (Å²) in [4.78, 5) is 33.9. The van der Waals surface area contributed by atoms with Gasteiger partial charge in [-0.25, -0.2) is 0 Å². The summed E-state index contributed by atoms with van der Waals surface area (Å²) in [7, 11) is 1.22. The van der Waals surface area contributed by atoms with E-state index in [1.54, 1.807) is 12.1 Å². The van der Waals surface area contributed by atoms with Gasteiger partial charge in [0.1, 0.15) is 12.7 Å². The Hall–Kier alpha value is -2.69. The molecule has 0 aromatic rings. The second-order valence-electron chi connectivity index (χ2n) is 5.23. The molecule has 0 radical (unpaired) electrons. The number of nitriles is 2. The molecule has 0 unspecified atom stereocenters. The number of nitrogens with zero attached hydrogens (tertiary/aromatic N) is 2. The maximum Gasteiger partial charge on any atom is 0.303 e. The van der Waals surface area contributed by atoms with E-state index < -0.39 is 54.5 Å². The molecule has 0 spiro atoms. The van der Waals surface area contributed by atoms with E-state index in [9.17, 15) is 24.9 Å². The molecule has 0 N–H and O–H groups in total. The van der Waals surface area contributed by atoms with E-state index in [-0.39, 0.29) is 0 Å². The molecule has 0 saturated carbocycles. The van der Waals surface area contributed by atoms with Crippen LogP contribution in [-0.4, -0.2) is 56.2 Å². The number of hydrogen-bond donors (Lipinski definition) is 0. The smallest absolute Gasteiger partial charge is 0.303 e. The Morgan fingerprint density at radius 2 is 1.52 bits per heavy atom. The van der Waals surface area contributed by atoms with Crippen molar-refractivity contribution in [3.8, 4) is 12.1 Å². The second kappa shape index (κ2) is 8.42. The largest absolute Gasteiger partial charge is 0.463 e. The highest BCUT2D eigenvalue weighted by Gasteiger charge is 2.62. The van der Waals surface area contributed by atoms with Crippen LogP contribution in [0.15, 0.2) is 0 Å². The van der Waals surface area contributed by atoms with Crippen LogP contribution in [0.2, 0.25) is 0 Å². The fraction of sp³-hybridized carbons (Fsp3) is 0.667. The van der Waals surface area contributed by atoms with Gasteiger partial charge >= 0.3 is 17.9 Å². The summed E-state index contributed by atoms with van der Waals surface area (Å²) in [5, 5.41) is 19.3. The molecule has 0 amide bonds. The molecule has 4 atom stereocenters. The number of ether oxygens (including phenoxy) is 5. The average Bonchev–Trinajstić information content (AvgIpc) is 2.53. The highest BCUT2D eigenvalue weighted by molar-refractivity contribution is 5.68. The summed E-state index contributed by atoms with van der Waals surface area (Å²) in [6.07, 6.45) is -5.45. The SMILES string of the molecule is CO[C@@H]1O[C@H](COC(C)=O)[C@H](OC(C)=O)C(C#N)(C#N)[C@@H]1OC(C)=O. The van der Waals surface area contributed by atoms with E-state index in [4.69, 9.17) is 23.7 Å². The Labute approximate surface area is 144 Å². The van der Waals surface area contributed by atoms with E-state index in [0.717, 1.165) is 20.8 Å². The molecule has 136 valence electrons. The molecular weight excluding hydrogens is 336 g/mol. The van der Waals surface area contributed by atoms with Crippen molar-refractivity contribution < 1.29 is 38.1 Å². The Bertz CT molecular complexity index is 606. The van der Waals surface area contributed by atoms with Gasteiger partial charge in [0, 0.05) is 27.9 Å². The van der Waals surface area contributed by atoms with Crippen LogP contribution < -0.4 is 0 Å². The van der Waals surface area contributed by atoms with E-state index in [1.165, 1.54) is 7.11 Å². The molecule has 1 rings (SSSR count). The molecule has 0 aliphatic carbocycles. The van der Waals surface area contributed by atoms with E-state index >= 15 is 0 Å². The minimum absolute atomic E-state index is 0.398. The van der Waals surface area contributed by atoms with Gasteiger partial charge in [0.05, 0.1) is 12.1 Å². The molecule has 1 aliphatic heterocycles. The van der Waals surface area contributed by atoms with Crippen LogP contribution >= 0.6 is 0 Å². The lowest BCUT2D eigenvalue weighted by Gasteiger charge is -2.45. The molecule has 1 heterocycles. The summed E-state index contributed by atoms with van der Waals surface area (Å²) in [6, 6.07) is 3.49. The number of carbonyl (C=O) groups excluding carboxylic acids is 3. The van der Waals surface area contributed by atoms with Gasteiger partial charge in [0.15, 0.2) is 18.5 Å². The Morgan fingerprint density at radius 1 is 1.00 bits per heavy atom. The molecule has 0 aromatic carbocycles. The highest BCUT2D eigenvalue weighted by Crippen LogP contribution is 2.41. The van der Waals surface area contributed by atoms with Crippen molar-refractivity contribution in [3.63, 3.8) is 0 Å². The fourth-order valence-electron chi connectivity index (χ4n) is 2.44. The lowest BCUT2D eigenvalue weighted by atomic mass is 9.74. The van der Waals surface area contributed by atoms with Crippen molar-refractivity contribution in [1.29, 1.82) is 10.5 Å². The van der Waals surface area contributed by atoms with Gasteiger partial charge in [-0.2, -0.15) is 10.5 Å². The van der Waals surface area contributed by atoms with Gasteiger partial charge in [-0.15, -0.1) is 0 Å². The van der Waals surface area contributed by atoms with Crippen LogP contribution in [0.3, 0.4) is 0 Å². The van der Waals surface area contributed by atoms with Gasteiger partial charge in [0.2, 0.25) is 5.41 Å². The highest BCUT2D eigenvalue weighted by atomic mass is 16.7. The molecule has 0 aromatic heterocycles. The Kier molecular flexibility index (Phi) is 6.86. The van der Waals surface area contributed by atoms with Crippen LogP contribution in [0, 0.1) is 28.1 Å². The summed E-state index contributed by atoms with van der Waals surface area (Å²) < 4.78 is 25.6. The topological polar surface area (TPSA) is 145 Å². The lowest BCUT2D eigenvalue weighted by Crippen LogP contribution is -2.64. The van der Waals surface area contributed by atoms with Crippen LogP contribution in [0.4, 0.5) is 0 Å². The molecule has 10 heteroatoms. The maximum absolute atomic E-state index is 11.5. The first-order valence-electron chi connectivity index (χ1n) is 7.20. The number of methoxy groups -OCH3 is 1. The lowest BCUT2D eigenvalue weighted by molar-refractivity contribution is -0.294. The van der Waals surface area contributed by atoms with Crippen molar-refractivity contribution in [3.05, 3.63) is 0 Å². The first-order valence-corrected chi connectivity index (χ1v) is 7.20. The van der Waals surface area contributed by atoms with Crippen LogP contribution in [0.25, 0.3) is 0 Å². The van der Waals surface area contributed by atoms with E-state index in [1.807, 2.05) is 0 Å². The first kappa shape index (κ1) is 20.4. The maximum atomic E-state index is 11.5. The Morgan fingerprint density at radius 3 is 1.92 bits per heavy atom. The predicted molar refractivity (Wildman–Crippen MR) is 77.1 cm³/mol. The quantitative estimate of drug-likeness (QED) is 0.481. The van der Waals surface area contributed by atoms with Gasteiger partial charge in [0.25, 0.3) is 0 Å². The summed E-state index contributed by atoms with van der Waals surface area (Å²) in [5.74, 6) is -2.22. The third-order valence-electron chi connectivity index (χ3n) is 3.43. The fourth-order valence-corrected chi connectivity index (χ4v) is 2.44. The van der Waals surface area contributed by atoms with Crippen LogP contribution in [-0.2, 0) is 38.1 Å². The zero-order valence-electron chi connectivity index (χ0n) is 14.2. The number of hydrogen-bond acceptors (Lipinski definition) is 10. The van der Waals surface area contributed by atoms with Gasteiger partial charge in [-0.3, -0.25) is 14.4 Å². The van der Waals surface area contributed by atoms with E-state index in [0.29, 0.717) is 0 Å². The second-order valence-corrected chi connectivity index (χ2v) is 5.23. The third-order valence-corrected chi connectivity index (χ3v) is 3.43. The average molecular weight is 354 g/mol. The molecule has 25 heavy (non-hydrogen) atoms. The standard InChI is InChI=1S/C15H18N2O8/c1-8(18)22-5-11-12(23-9(2)19)15(6-16,7-17)13(24-10(3)20)14(21-4)25-11/h11-14H,5H2,1-4H3/t11-,12+,13-,14-/m1/s1. The van der Waals surface area contributed by atoms with E-state index in [2.05, 4.69) is 0 Å². The summed E-state index contributed by atoms with van der Waals surface area (Å²) >= 11 is 0. The molecule has 1 fully saturated rings. The van der Waals surface area contributed by atoms with Crippen molar-refractivity contribution in [1.82, 2.24) is 0 Å². The Balaban J connectivity index is 3.38. The molecule has 10 nitrogen and oxygen atoms in total. The van der Waals surface area contributed by atoms with Crippen molar-refractivity contribution in [2.24, 2.45) is 5.41 Å². The molecule has 1 saturated heterocycles. The van der Waals surface area contributed by atoms with Gasteiger partial charge < -0.3 is 23.7 Å². The molecular formula is C15H18N2O8. The zero-order chi connectivity index (χ0) is 19.2. The third kappa shape index (κ3) is 4.44. The van der Waals surface area contributed by atoms with Gasteiger partial charge in [-0.05, 0) is 0 Å². The zero-order valence-corrected chi connectivity index (χ0v) is 14.2. The summed E-state index contributed by atoms with van der Waals surface area (Å²) in [6.45, 7) is 2.91. The van der Waals surface area contributed by atoms with Crippen LogP contribution in [0.1, 0.15) is 20.8 Å². The first-order chi connectivity index (χ1) is 11.7.